The monoisotopic (exact) mass is 413 g/mol. The van der Waals surface area contributed by atoms with Gasteiger partial charge in [-0.15, -0.1) is 11.8 Å². The second-order valence-electron chi connectivity index (χ2n) is 4.74. The van der Waals surface area contributed by atoms with Crippen LogP contribution in [0.25, 0.3) is 0 Å². The number of thioether (sulfide) groups is 1. The third kappa shape index (κ3) is 3.80. The van der Waals surface area contributed by atoms with Gasteiger partial charge in [-0.05, 0) is 87.4 Å². The first-order valence-corrected chi connectivity index (χ1v) is 9.18. The SMILES string of the molecule is CSc1ccc(C(C)Nc2c(Br)cc(C)cc2Br)cc1. The summed E-state index contributed by atoms with van der Waals surface area (Å²) in [5.41, 5.74) is 3.60. The molecule has 106 valence electrons. The van der Waals surface area contributed by atoms with E-state index in [4.69, 9.17) is 0 Å². The van der Waals surface area contributed by atoms with Crippen LogP contribution in [0.4, 0.5) is 5.69 Å². The van der Waals surface area contributed by atoms with Crippen molar-refractivity contribution in [1.29, 1.82) is 0 Å². The van der Waals surface area contributed by atoms with Gasteiger partial charge in [-0.3, -0.25) is 0 Å². The maximum Gasteiger partial charge on any atom is 0.0633 e. The van der Waals surface area contributed by atoms with Crippen LogP contribution in [0, 0.1) is 6.92 Å². The molecule has 0 spiro atoms. The third-order valence-electron chi connectivity index (χ3n) is 3.16. The lowest BCUT2D eigenvalue weighted by atomic mass is 10.1. The molecule has 0 bridgehead atoms. The van der Waals surface area contributed by atoms with Gasteiger partial charge in [0.25, 0.3) is 0 Å². The molecule has 0 aliphatic carbocycles. The van der Waals surface area contributed by atoms with Crippen molar-refractivity contribution < 1.29 is 0 Å². The summed E-state index contributed by atoms with van der Waals surface area (Å²) < 4.78 is 2.16. The predicted octanol–water partition coefficient (Wildman–Crippen LogP) is 6.42. The second-order valence-corrected chi connectivity index (χ2v) is 7.33. The summed E-state index contributed by atoms with van der Waals surface area (Å²) in [6.45, 7) is 4.26. The normalized spacial score (nSPS) is 12.2. The number of aryl methyl sites for hydroxylation is 1. The minimum absolute atomic E-state index is 0.251. The Kier molecular flexibility index (Phi) is 5.58. The average molecular weight is 415 g/mol. The Bertz CT molecular complexity index is 573. The van der Waals surface area contributed by atoms with E-state index in [0.29, 0.717) is 0 Å². The van der Waals surface area contributed by atoms with E-state index in [1.807, 2.05) is 0 Å². The zero-order chi connectivity index (χ0) is 14.7. The van der Waals surface area contributed by atoms with E-state index in [1.54, 1.807) is 11.8 Å². The van der Waals surface area contributed by atoms with E-state index in [0.717, 1.165) is 14.6 Å². The quantitative estimate of drug-likeness (QED) is 0.579. The van der Waals surface area contributed by atoms with Crippen LogP contribution >= 0.6 is 43.6 Å². The first kappa shape index (κ1) is 15.9. The van der Waals surface area contributed by atoms with Gasteiger partial charge in [0.15, 0.2) is 0 Å². The van der Waals surface area contributed by atoms with Crippen LogP contribution < -0.4 is 5.32 Å². The molecule has 20 heavy (non-hydrogen) atoms. The molecule has 1 N–H and O–H groups in total. The van der Waals surface area contributed by atoms with Crippen LogP contribution in [-0.4, -0.2) is 6.26 Å². The largest absolute Gasteiger partial charge is 0.377 e. The van der Waals surface area contributed by atoms with Crippen molar-refractivity contribution in [3.05, 3.63) is 56.5 Å². The highest BCUT2D eigenvalue weighted by Gasteiger charge is 2.11. The molecular formula is C16H17Br2NS. The molecule has 1 nitrogen and oxygen atoms in total. The van der Waals surface area contributed by atoms with Crippen LogP contribution in [0.1, 0.15) is 24.1 Å². The Morgan fingerprint density at radius 2 is 1.60 bits per heavy atom. The van der Waals surface area contributed by atoms with E-state index in [9.17, 15) is 0 Å². The zero-order valence-corrected chi connectivity index (χ0v) is 15.7. The molecule has 4 heteroatoms. The van der Waals surface area contributed by atoms with Gasteiger partial charge in [0, 0.05) is 19.9 Å². The van der Waals surface area contributed by atoms with E-state index in [1.165, 1.54) is 16.0 Å². The molecule has 0 saturated heterocycles. The number of rotatable bonds is 4. The molecular weight excluding hydrogens is 398 g/mol. The number of nitrogens with one attached hydrogen (secondary N) is 1. The summed E-state index contributed by atoms with van der Waals surface area (Å²) in [7, 11) is 0. The lowest BCUT2D eigenvalue weighted by Gasteiger charge is -2.19. The molecule has 0 saturated carbocycles. The molecule has 0 aromatic heterocycles. The van der Waals surface area contributed by atoms with Gasteiger partial charge in [0.1, 0.15) is 0 Å². The smallest absolute Gasteiger partial charge is 0.0633 e. The number of hydrogen-bond donors (Lipinski definition) is 1. The molecule has 0 aliphatic heterocycles. The highest BCUT2D eigenvalue weighted by Crippen LogP contribution is 2.35. The number of benzene rings is 2. The van der Waals surface area contributed by atoms with Crippen molar-refractivity contribution in [2.75, 3.05) is 11.6 Å². The van der Waals surface area contributed by atoms with Gasteiger partial charge in [-0.25, -0.2) is 0 Å². The predicted molar refractivity (Wildman–Crippen MR) is 96.8 cm³/mol. The maximum atomic E-state index is 3.63. The second kappa shape index (κ2) is 7.01. The summed E-state index contributed by atoms with van der Waals surface area (Å²) >= 11 is 9.02. The molecule has 0 radical (unpaired) electrons. The summed E-state index contributed by atoms with van der Waals surface area (Å²) in [5, 5.41) is 3.56. The van der Waals surface area contributed by atoms with Crippen LogP contribution in [0.3, 0.4) is 0 Å². The summed E-state index contributed by atoms with van der Waals surface area (Å²) in [5.74, 6) is 0. The molecule has 0 aliphatic rings. The fraction of sp³-hybridized carbons (Fsp3) is 0.250. The maximum absolute atomic E-state index is 3.63. The minimum atomic E-state index is 0.251. The number of anilines is 1. The summed E-state index contributed by atoms with van der Waals surface area (Å²) in [6.07, 6.45) is 2.09. The molecule has 0 amide bonds. The third-order valence-corrected chi connectivity index (χ3v) is 5.16. The first-order chi connectivity index (χ1) is 9.51. The average Bonchev–Trinajstić information content (AvgIpc) is 2.42. The van der Waals surface area contributed by atoms with Crippen molar-refractivity contribution in [1.82, 2.24) is 0 Å². The van der Waals surface area contributed by atoms with Crippen LogP contribution in [0.2, 0.25) is 0 Å². The molecule has 1 atom stereocenters. The van der Waals surface area contributed by atoms with E-state index in [2.05, 4.69) is 93.7 Å². The molecule has 0 heterocycles. The lowest BCUT2D eigenvalue weighted by molar-refractivity contribution is 0.880. The van der Waals surface area contributed by atoms with Crippen molar-refractivity contribution in [2.24, 2.45) is 0 Å². The molecule has 0 fully saturated rings. The summed E-state index contributed by atoms with van der Waals surface area (Å²) in [6, 6.07) is 13.2. The van der Waals surface area contributed by atoms with Gasteiger partial charge >= 0.3 is 0 Å². The molecule has 2 aromatic carbocycles. The van der Waals surface area contributed by atoms with Gasteiger partial charge in [0.2, 0.25) is 0 Å². The van der Waals surface area contributed by atoms with Gasteiger partial charge in [-0.2, -0.15) is 0 Å². The topological polar surface area (TPSA) is 12.0 Å². The lowest BCUT2D eigenvalue weighted by Crippen LogP contribution is -2.07. The first-order valence-electron chi connectivity index (χ1n) is 6.37. The van der Waals surface area contributed by atoms with Crippen molar-refractivity contribution in [3.8, 4) is 0 Å². The Balaban J connectivity index is 2.20. The minimum Gasteiger partial charge on any atom is -0.377 e. The standard InChI is InChI=1S/C16H17Br2NS/c1-10-8-14(17)16(15(18)9-10)19-11(2)12-4-6-13(20-3)7-5-12/h4-9,11,19H,1-3H3. The van der Waals surface area contributed by atoms with Crippen LogP contribution in [0.15, 0.2) is 50.2 Å². The van der Waals surface area contributed by atoms with Crippen molar-refractivity contribution in [2.45, 2.75) is 24.8 Å². The molecule has 2 rings (SSSR count). The zero-order valence-electron chi connectivity index (χ0n) is 11.7. The van der Waals surface area contributed by atoms with Crippen LogP contribution in [0.5, 0.6) is 0 Å². The van der Waals surface area contributed by atoms with E-state index >= 15 is 0 Å². The Morgan fingerprint density at radius 3 is 2.10 bits per heavy atom. The van der Waals surface area contributed by atoms with Crippen molar-refractivity contribution >= 4 is 49.3 Å². The van der Waals surface area contributed by atoms with Gasteiger partial charge in [-0.1, -0.05) is 12.1 Å². The highest BCUT2D eigenvalue weighted by molar-refractivity contribution is 9.11. The fourth-order valence-electron chi connectivity index (χ4n) is 2.03. The highest BCUT2D eigenvalue weighted by atomic mass is 79.9. The van der Waals surface area contributed by atoms with Gasteiger partial charge < -0.3 is 5.32 Å². The number of halogens is 2. The van der Waals surface area contributed by atoms with Crippen molar-refractivity contribution in [3.63, 3.8) is 0 Å². The van der Waals surface area contributed by atoms with E-state index < -0.39 is 0 Å². The molecule has 2 aromatic rings. The van der Waals surface area contributed by atoms with Gasteiger partial charge in [0.05, 0.1) is 5.69 Å². The molecule has 1 unspecified atom stereocenters. The number of hydrogen-bond acceptors (Lipinski definition) is 2. The Morgan fingerprint density at radius 1 is 1.05 bits per heavy atom. The van der Waals surface area contributed by atoms with E-state index in [-0.39, 0.29) is 6.04 Å². The summed E-state index contributed by atoms with van der Waals surface area (Å²) in [4.78, 5) is 1.29. The Hall–Kier alpha value is -0.450. The van der Waals surface area contributed by atoms with Crippen LogP contribution in [-0.2, 0) is 0 Å². The Labute approximate surface area is 141 Å². The fourth-order valence-corrected chi connectivity index (χ4v) is 4.08.